The van der Waals surface area contributed by atoms with Crippen LogP contribution in [0.1, 0.15) is 24.0 Å². The Bertz CT molecular complexity index is 1330. The van der Waals surface area contributed by atoms with E-state index in [4.69, 9.17) is 9.84 Å². The van der Waals surface area contributed by atoms with Gasteiger partial charge in [0, 0.05) is 32.2 Å². The van der Waals surface area contributed by atoms with Crippen LogP contribution < -0.4 is 16.0 Å². The van der Waals surface area contributed by atoms with Crippen LogP contribution in [0.25, 0.3) is 0 Å². The highest BCUT2D eigenvalue weighted by molar-refractivity contribution is 5.84. The van der Waals surface area contributed by atoms with Crippen molar-refractivity contribution in [2.24, 2.45) is 18.0 Å². The summed E-state index contributed by atoms with van der Waals surface area (Å²) < 4.78 is 35.6. The summed E-state index contributed by atoms with van der Waals surface area (Å²) in [4.78, 5) is 30.6. The third kappa shape index (κ3) is 4.99. The molecule has 1 unspecified atom stereocenters. The predicted octanol–water partition coefficient (Wildman–Crippen LogP) is 3.12. The first-order valence-corrected chi connectivity index (χ1v) is 11.1. The van der Waals surface area contributed by atoms with E-state index in [0.717, 1.165) is 10.1 Å². The molecule has 7 nitrogen and oxygen atoms in total. The zero-order valence-electron chi connectivity index (χ0n) is 18.7. The van der Waals surface area contributed by atoms with Crippen LogP contribution in [0.4, 0.5) is 14.6 Å². The van der Waals surface area contributed by atoms with Crippen LogP contribution >= 0.6 is 0 Å². The molecule has 0 aliphatic carbocycles. The van der Waals surface area contributed by atoms with Crippen molar-refractivity contribution in [1.82, 2.24) is 9.13 Å². The first kappa shape index (κ1) is 23.6. The van der Waals surface area contributed by atoms with Crippen molar-refractivity contribution >= 4 is 11.7 Å². The normalized spacial score (nSPS) is 15.4. The van der Waals surface area contributed by atoms with Gasteiger partial charge in [0.1, 0.15) is 23.2 Å². The minimum atomic E-state index is -0.539. The lowest BCUT2D eigenvalue weighted by molar-refractivity contribution is 0.277. The third-order valence-electron chi connectivity index (χ3n) is 5.87. The summed E-state index contributed by atoms with van der Waals surface area (Å²) in [6.45, 7) is -0.0408. The van der Waals surface area contributed by atoms with Crippen LogP contribution in [0, 0.1) is 17.6 Å². The lowest BCUT2D eigenvalue weighted by Crippen LogP contribution is -2.41. The molecule has 2 aromatic carbocycles. The average Bonchev–Trinajstić information content (AvgIpc) is 2.99. The van der Waals surface area contributed by atoms with Crippen LogP contribution in [0.3, 0.4) is 0 Å². The minimum absolute atomic E-state index is 0.102. The van der Waals surface area contributed by atoms with Crippen molar-refractivity contribution in [2.45, 2.75) is 32.2 Å². The van der Waals surface area contributed by atoms with Gasteiger partial charge in [-0.1, -0.05) is 18.2 Å². The maximum atomic E-state index is 13.8. The van der Waals surface area contributed by atoms with Crippen molar-refractivity contribution in [3.05, 3.63) is 92.1 Å². The molecule has 1 aliphatic rings. The number of halogens is 2. The zero-order chi connectivity index (χ0) is 24.2. The summed E-state index contributed by atoms with van der Waals surface area (Å²) in [5.74, 6) is -0.435. The van der Waals surface area contributed by atoms with Crippen LogP contribution in [0.5, 0.6) is 5.75 Å². The Morgan fingerprint density at radius 2 is 1.88 bits per heavy atom. The van der Waals surface area contributed by atoms with E-state index in [2.05, 4.69) is 4.99 Å². The van der Waals surface area contributed by atoms with Crippen molar-refractivity contribution in [2.75, 3.05) is 6.61 Å². The van der Waals surface area contributed by atoms with E-state index in [9.17, 15) is 18.4 Å². The zero-order valence-corrected chi connectivity index (χ0v) is 18.7. The fraction of sp³-hybridized carbons (Fsp3) is 0.320. The number of ether oxygens (including phenoxy) is 1. The van der Waals surface area contributed by atoms with Gasteiger partial charge >= 0.3 is 5.69 Å². The summed E-state index contributed by atoms with van der Waals surface area (Å²) in [7, 11) is 1.53. The van der Waals surface area contributed by atoms with Crippen LogP contribution in [-0.4, -0.2) is 26.7 Å². The van der Waals surface area contributed by atoms with Gasteiger partial charge in [-0.25, -0.2) is 13.6 Å². The molecule has 178 valence electrons. The summed E-state index contributed by atoms with van der Waals surface area (Å²) >= 11 is 0. The number of fused-ring (bicyclic) bond motifs is 1. The average molecular weight is 469 g/mol. The molecular weight excluding hydrogens is 444 g/mol. The summed E-state index contributed by atoms with van der Waals surface area (Å²) in [6.07, 6.45) is 1.55. The number of benzene rings is 2. The molecule has 1 atom stereocenters. The van der Waals surface area contributed by atoms with Gasteiger partial charge < -0.3 is 9.84 Å². The first-order valence-electron chi connectivity index (χ1n) is 11.1. The number of hydrogen-bond donors (Lipinski definition) is 1. The molecule has 3 aromatic rings. The molecule has 0 saturated carbocycles. The second-order valence-corrected chi connectivity index (χ2v) is 8.25. The molecule has 1 aliphatic heterocycles. The SMILES string of the molecule is Cn1c2c(c(=O)n(CCCO)c1=O)CCC(Cc1ccc(F)cc1)C(Oc1cccc(F)c1)=N2. The molecule has 1 N–H and O–H groups in total. The smallest absolute Gasteiger partial charge is 0.332 e. The van der Waals surface area contributed by atoms with Gasteiger partial charge in [0.15, 0.2) is 5.90 Å². The quantitative estimate of drug-likeness (QED) is 0.601. The molecule has 0 radical (unpaired) electrons. The Labute approximate surface area is 194 Å². The molecule has 0 saturated heterocycles. The first-order chi connectivity index (χ1) is 16.4. The van der Waals surface area contributed by atoms with Gasteiger partial charge in [0.25, 0.3) is 5.56 Å². The van der Waals surface area contributed by atoms with Gasteiger partial charge in [-0.05, 0) is 55.5 Å². The van der Waals surface area contributed by atoms with E-state index in [-0.39, 0.29) is 48.8 Å². The Morgan fingerprint density at radius 3 is 2.59 bits per heavy atom. The molecular formula is C25H25F2N3O4. The molecule has 1 aromatic heterocycles. The maximum absolute atomic E-state index is 13.8. The third-order valence-corrected chi connectivity index (χ3v) is 5.87. The molecule has 0 fully saturated rings. The molecule has 0 amide bonds. The Kier molecular flexibility index (Phi) is 7.02. The summed E-state index contributed by atoms with van der Waals surface area (Å²) in [6, 6.07) is 11.7. The number of hydrogen-bond acceptors (Lipinski definition) is 5. The minimum Gasteiger partial charge on any atom is -0.443 e. The van der Waals surface area contributed by atoms with Crippen molar-refractivity contribution < 1.29 is 18.6 Å². The van der Waals surface area contributed by atoms with Gasteiger partial charge in [0.2, 0.25) is 0 Å². The van der Waals surface area contributed by atoms with E-state index in [1.54, 1.807) is 18.2 Å². The Hall–Kier alpha value is -3.59. The number of rotatable bonds is 6. The van der Waals surface area contributed by atoms with Gasteiger partial charge in [0.05, 0.1) is 5.56 Å². The van der Waals surface area contributed by atoms with E-state index in [0.29, 0.717) is 24.8 Å². The van der Waals surface area contributed by atoms with Crippen LogP contribution in [0.2, 0.25) is 0 Å². The maximum Gasteiger partial charge on any atom is 0.332 e. The van der Waals surface area contributed by atoms with Crippen LogP contribution in [-0.2, 0) is 26.4 Å². The van der Waals surface area contributed by atoms with E-state index >= 15 is 0 Å². The largest absolute Gasteiger partial charge is 0.443 e. The number of aliphatic hydroxyl groups excluding tert-OH is 1. The monoisotopic (exact) mass is 469 g/mol. The van der Waals surface area contributed by atoms with Gasteiger partial charge in [-0.2, -0.15) is 4.99 Å². The fourth-order valence-corrected chi connectivity index (χ4v) is 4.10. The van der Waals surface area contributed by atoms with E-state index in [1.165, 1.54) is 41.9 Å². The standard InChI is InChI=1S/C25H25F2N3O4/c1-29-22-21(24(32)30(25(29)33)12-3-13-31)11-8-17(14-16-6-9-18(26)10-7-16)23(28-22)34-20-5-2-4-19(27)15-20/h2,4-7,9-10,15,17,31H,3,8,11-14H2,1H3. The molecule has 2 heterocycles. The van der Waals surface area contributed by atoms with E-state index < -0.39 is 17.1 Å². The second kappa shape index (κ2) is 10.1. The molecule has 34 heavy (non-hydrogen) atoms. The number of aromatic nitrogens is 2. The van der Waals surface area contributed by atoms with E-state index in [1.807, 2.05) is 0 Å². The summed E-state index contributed by atoms with van der Waals surface area (Å²) in [5, 5.41) is 9.14. The predicted molar refractivity (Wildman–Crippen MR) is 124 cm³/mol. The van der Waals surface area contributed by atoms with Crippen molar-refractivity contribution in [1.29, 1.82) is 0 Å². The topological polar surface area (TPSA) is 85.8 Å². The van der Waals surface area contributed by atoms with Crippen molar-refractivity contribution in [3.8, 4) is 5.75 Å². The molecule has 0 spiro atoms. The number of aliphatic imine (C=N–C) groups is 1. The van der Waals surface area contributed by atoms with Crippen molar-refractivity contribution in [3.63, 3.8) is 0 Å². The second-order valence-electron chi connectivity index (χ2n) is 8.25. The highest BCUT2D eigenvalue weighted by Gasteiger charge is 2.28. The molecule has 4 rings (SSSR count). The Balaban J connectivity index is 1.79. The highest BCUT2D eigenvalue weighted by atomic mass is 19.1. The Morgan fingerprint density at radius 1 is 1.12 bits per heavy atom. The fourth-order valence-electron chi connectivity index (χ4n) is 4.10. The lowest BCUT2D eigenvalue weighted by atomic mass is 9.93. The summed E-state index contributed by atoms with van der Waals surface area (Å²) in [5.41, 5.74) is 0.245. The van der Waals surface area contributed by atoms with Crippen LogP contribution in [0.15, 0.2) is 63.1 Å². The molecule has 9 heteroatoms. The van der Waals surface area contributed by atoms with Gasteiger partial charge in [-0.15, -0.1) is 0 Å². The van der Waals surface area contributed by atoms with Gasteiger partial charge in [-0.3, -0.25) is 13.9 Å². The number of aliphatic hydroxyl groups is 1. The number of nitrogens with zero attached hydrogens (tertiary/aromatic N) is 3. The molecule has 0 bridgehead atoms. The highest BCUT2D eigenvalue weighted by Crippen LogP contribution is 2.28. The lowest BCUT2D eigenvalue weighted by Gasteiger charge is -2.18.